The molecule has 0 saturated heterocycles. The van der Waals surface area contributed by atoms with Gasteiger partial charge in [-0.2, -0.15) is 5.10 Å². The standard InChI is InChI=1S/C10H17N3O2/c1-3-13-9(4-5-12-13)8(7-11)6-10(14)15-2/h4-5,8H,3,6-7,11H2,1-2H3. The SMILES string of the molecule is CCn1nccc1C(CN)CC(=O)OC. The summed E-state index contributed by atoms with van der Waals surface area (Å²) in [7, 11) is 1.38. The molecule has 1 heterocycles. The smallest absolute Gasteiger partial charge is 0.306 e. The fourth-order valence-electron chi connectivity index (χ4n) is 1.55. The van der Waals surface area contributed by atoms with Gasteiger partial charge in [0.2, 0.25) is 0 Å². The van der Waals surface area contributed by atoms with Crippen molar-refractivity contribution in [2.75, 3.05) is 13.7 Å². The summed E-state index contributed by atoms with van der Waals surface area (Å²) in [5, 5.41) is 4.15. The highest BCUT2D eigenvalue weighted by molar-refractivity contribution is 5.70. The van der Waals surface area contributed by atoms with Crippen LogP contribution in [0.2, 0.25) is 0 Å². The summed E-state index contributed by atoms with van der Waals surface area (Å²) in [6.45, 7) is 3.20. The van der Waals surface area contributed by atoms with E-state index in [4.69, 9.17) is 5.73 Å². The second-order valence-corrected chi connectivity index (χ2v) is 3.28. The normalized spacial score (nSPS) is 12.5. The minimum atomic E-state index is -0.241. The largest absolute Gasteiger partial charge is 0.469 e. The van der Waals surface area contributed by atoms with Crippen molar-refractivity contribution in [3.63, 3.8) is 0 Å². The Balaban J connectivity index is 2.78. The lowest BCUT2D eigenvalue weighted by molar-refractivity contribution is -0.141. The van der Waals surface area contributed by atoms with E-state index in [1.165, 1.54) is 7.11 Å². The number of nitrogens with two attached hydrogens (primary N) is 1. The summed E-state index contributed by atoms with van der Waals surface area (Å²) in [4.78, 5) is 11.2. The number of ether oxygens (including phenoxy) is 1. The number of hydrogen-bond acceptors (Lipinski definition) is 4. The molecule has 1 aromatic heterocycles. The molecule has 1 rings (SSSR count). The minimum Gasteiger partial charge on any atom is -0.469 e. The summed E-state index contributed by atoms with van der Waals surface area (Å²) in [5.74, 6) is -0.255. The first kappa shape index (κ1) is 11.7. The zero-order chi connectivity index (χ0) is 11.3. The van der Waals surface area contributed by atoms with Crippen molar-refractivity contribution in [2.45, 2.75) is 25.8 Å². The van der Waals surface area contributed by atoms with Crippen molar-refractivity contribution in [1.29, 1.82) is 0 Å². The van der Waals surface area contributed by atoms with Crippen LogP contribution in [0, 0.1) is 0 Å². The molecule has 0 radical (unpaired) electrons. The van der Waals surface area contributed by atoms with E-state index >= 15 is 0 Å². The van der Waals surface area contributed by atoms with E-state index in [9.17, 15) is 4.79 Å². The number of aryl methyl sites for hydroxylation is 1. The lowest BCUT2D eigenvalue weighted by Crippen LogP contribution is -2.20. The maximum absolute atomic E-state index is 11.2. The maximum atomic E-state index is 11.2. The molecule has 5 heteroatoms. The zero-order valence-electron chi connectivity index (χ0n) is 9.14. The molecule has 0 amide bonds. The Hall–Kier alpha value is -1.36. The van der Waals surface area contributed by atoms with Gasteiger partial charge >= 0.3 is 5.97 Å². The van der Waals surface area contributed by atoms with Gasteiger partial charge in [-0.3, -0.25) is 9.48 Å². The summed E-state index contributed by atoms with van der Waals surface area (Å²) in [5.41, 5.74) is 6.63. The van der Waals surface area contributed by atoms with E-state index in [1.54, 1.807) is 6.20 Å². The van der Waals surface area contributed by atoms with Gasteiger partial charge in [0.15, 0.2) is 0 Å². The molecule has 0 spiro atoms. The molecule has 2 N–H and O–H groups in total. The van der Waals surface area contributed by atoms with Crippen molar-refractivity contribution in [3.05, 3.63) is 18.0 Å². The van der Waals surface area contributed by atoms with Crippen LogP contribution >= 0.6 is 0 Å². The summed E-state index contributed by atoms with van der Waals surface area (Å²) in [6, 6.07) is 1.89. The van der Waals surface area contributed by atoms with Gasteiger partial charge in [0, 0.05) is 30.9 Å². The average Bonchev–Trinajstić information content (AvgIpc) is 2.73. The van der Waals surface area contributed by atoms with Crippen LogP contribution in [0.15, 0.2) is 12.3 Å². The second-order valence-electron chi connectivity index (χ2n) is 3.28. The number of esters is 1. The zero-order valence-corrected chi connectivity index (χ0v) is 9.14. The Bertz CT molecular complexity index is 322. The first-order valence-corrected chi connectivity index (χ1v) is 5.01. The third kappa shape index (κ3) is 2.79. The van der Waals surface area contributed by atoms with Gasteiger partial charge in [0.1, 0.15) is 0 Å². The van der Waals surface area contributed by atoms with Crippen LogP contribution in [0.1, 0.15) is 25.0 Å². The summed E-state index contributed by atoms with van der Waals surface area (Å²) in [6.07, 6.45) is 2.03. The molecule has 0 aliphatic rings. The Kier molecular flexibility index (Phi) is 4.30. The number of methoxy groups -OCH3 is 1. The molecule has 15 heavy (non-hydrogen) atoms. The Morgan fingerprint density at radius 3 is 3.00 bits per heavy atom. The Labute approximate surface area is 89.2 Å². The van der Waals surface area contributed by atoms with Crippen molar-refractivity contribution in [3.8, 4) is 0 Å². The highest BCUT2D eigenvalue weighted by Crippen LogP contribution is 2.18. The molecule has 1 atom stereocenters. The lowest BCUT2D eigenvalue weighted by Gasteiger charge is -2.14. The van der Waals surface area contributed by atoms with Gasteiger partial charge < -0.3 is 10.5 Å². The quantitative estimate of drug-likeness (QED) is 0.720. The van der Waals surface area contributed by atoms with E-state index in [0.717, 1.165) is 12.2 Å². The molecule has 0 aliphatic heterocycles. The molecule has 0 aromatic carbocycles. The number of hydrogen-bond donors (Lipinski definition) is 1. The first-order chi connectivity index (χ1) is 7.22. The molecule has 0 saturated carbocycles. The van der Waals surface area contributed by atoms with Gasteiger partial charge in [0.05, 0.1) is 13.5 Å². The fourth-order valence-corrected chi connectivity index (χ4v) is 1.55. The molecule has 0 fully saturated rings. The van der Waals surface area contributed by atoms with Crippen molar-refractivity contribution < 1.29 is 9.53 Å². The van der Waals surface area contributed by atoms with Gasteiger partial charge in [-0.15, -0.1) is 0 Å². The van der Waals surface area contributed by atoms with Crippen LogP contribution in [-0.4, -0.2) is 29.4 Å². The molecule has 0 bridgehead atoms. The topological polar surface area (TPSA) is 70.1 Å². The van der Waals surface area contributed by atoms with Gasteiger partial charge in [-0.05, 0) is 13.0 Å². The van der Waals surface area contributed by atoms with Gasteiger partial charge in [0.25, 0.3) is 0 Å². The minimum absolute atomic E-state index is 0.0140. The van der Waals surface area contributed by atoms with Gasteiger partial charge in [-0.1, -0.05) is 0 Å². The second kappa shape index (κ2) is 5.50. The summed E-state index contributed by atoms with van der Waals surface area (Å²) >= 11 is 0. The van der Waals surface area contributed by atoms with Crippen LogP contribution in [0.3, 0.4) is 0 Å². The molecule has 84 valence electrons. The lowest BCUT2D eigenvalue weighted by atomic mass is 10.0. The number of carbonyl (C=O) groups is 1. The average molecular weight is 211 g/mol. The van der Waals surface area contributed by atoms with E-state index in [2.05, 4.69) is 9.84 Å². The Morgan fingerprint density at radius 2 is 2.47 bits per heavy atom. The number of aromatic nitrogens is 2. The first-order valence-electron chi connectivity index (χ1n) is 5.01. The van der Waals surface area contributed by atoms with Crippen LogP contribution in [0.5, 0.6) is 0 Å². The third-order valence-corrected chi connectivity index (χ3v) is 2.39. The van der Waals surface area contributed by atoms with E-state index in [1.807, 2.05) is 17.7 Å². The van der Waals surface area contributed by atoms with Crippen LogP contribution < -0.4 is 5.73 Å². The molecule has 1 unspecified atom stereocenters. The fraction of sp³-hybridized carbons (Fsp3) is 0.600. The van der Waals surface area contributed by atoms with Crippen LogP contribution in [0.4, 0.5) is 0 Å². The predicted octanol–water partition coefficient (Wildman–Crippen LogP) is 0.508. The highest BCUT2D eigenvalue weighted by Gasteiger charge is 2.18. The van der Waals surface area contributed by atoms with E-state index < -0.39 is 0 Å². The van der Waals surface area contributed by atoms with Crippen molar-refractivity contribution >= 4 is 5.97 Å². The van der Waals surface area contributed by atoms with Crippen molar-refractivity contribution in [2.24, 2.45) is 5.73 Å². The number of carbonyl (C=O) groups excluding carboxylic acids is 1. The van der Waals surface area contributed by atoms with Crippen LogP contribution in [-0.2, 0) is 16.1 Å². The molecular formula is C10H17N3O2. The molecule has 1 aromatic rings. The molecule has 0 aliphatic carbocycles. The maximum Gasteiger partial charge on any atom is 0.306 e. The molecule has 5 nitrogen and oxygen atoms in total. The predicted molar refractivity (Wildman–Crippen MR) is 56.3 cm³/mol. The monoisotopic (exact) mass is 211 g/mol. The van der Waals surface area contributed by atoms with Gasteiger partial charge in [-0.25, -0.2) is 0 Å². The molecular weight excluding hydrogens is 194 g/mol. The summed E-state index contributed by atoms with van der Waals surface area (Å²) < 4.78 is 6.48. The third-order valence-electron chi connectivity index (χ3n) is 2.39. The van der Waals surface area contributed by atoms with E-state index in [-0.39, 0.29) is 11.9 Å². The van der Waals surface area contributed by atoms with Crippen LogP contribution in [0.25, 0.3) is 0 Å². The Morgan fingerprint density at radius 1 is 1.73 bits per heavy atom. The van der Waals surface area contributed by atoms with E-state index in [0.29, 0.717) is 13.0 Å². The highest BCUT2D eigenvalue weighted by atomic mass is 16.5. The number of nitrogens with zero attached hydrogens (tertiary/aromatic N) is 2. The van der Waals surface area contributed by atoms with Crippen molar-refractivity contribution in [1.82, 2.24) is 9.78 Å². The number of rotatable bonds is 5.